The monoisotopic (exact) mass is 162 g/mol. The van der Waals surface area contributed by atoms with Crippen LogP contribution in [0.4, 0.5) is 0 Å². The molecule has 2 nitrogen and oxygen atoms in total. The minimum absolute atomic E-state index is 0.190. The summed E-state index contributed by atoms with van der Waals surface area (Å²) >= 11 is 5.29. The third-order valence-electron chi connectivity index (χ3n) is 0.914. The SMILES string of the molecule is COC(C)OCC#CCCl. The molecule has 0 spiro atoms. The lowest BCUT2D eigenvalue weighted by Gasteiger charge is -2.06. The first-order chi connectivity index (χ1) is 4.81. The molecule has 58 valence electrons. The van der Waals surface area contributed by atoms with E-state index in [9.17, 15) is 0 Å². The van der Waals surface area contributed by atoms with Crippen LogP contribution >= 0.6 is 11.6 Å². The van der Waals surface area contributed by atoms with Gasteiger partial charge < -0.3 is 9.47 Å². The molecule has 0 aromatic carbocycles. The van der Waals surface area contributed by atoms with Gasteiger partial charge in [0.1, 0.15) is 6.61 Å². The van der Waals surface area contributed by atoms with Crippen molar-refractivity contribution in [2.75, 3.05) is 19.6 Å². The Balaban J connectivity index is 3.18. The zero-order chi connectivity index (χ0) is 7.82. The van der Waals surface area contributed by atoms with Crippen LogP contribution in [0.2, 0.25) is 0 Å². The van der Waals surface area contributed by atoms with Gasteiger partial charge in [0, 0.05) is 7.11 Å². The average molecular weight is 163 g/mol. The highest BCUT2D eigenvalue weighted by molar-refractivity contribution is 6.19. The molecule has 0 heterocycles. The van der Waals surface area contributed by atoms with Crippen molar-refractivity contribution in [2.24, 2.45) is 0 Å². The minimum atomic E-state index is -0.190. The van der Waals surface area contributed by atoms with Crippen molar-refractivity contribution >= 4 is 11.6 Å². The highest BCUT2D eigenvalue weighted by atomic mass is 35.5. The van der Waals surface area contributed by atoms with Gasteiger partial charge in [0.25, 0.3) is 0 Å². The second-order valence-corrected chi connectivity index (χ2v) is 1.87. The van der Waals surface area contributed by atoms with E-state index in [0.29, 0.717) is 12.5 Å². The van der Waals surface area contributed by atoms with E-state index < -0.39 is 0 Å². The topological polar surface area (TPSA) is 18.5 Å². The van der Waals surface area contributed by atoms with Crippen LogP contribution in [0, 0.1) is 11.8 Å². The molecule has 0 aliphatic heterocycles. The standard InChI is InChI=1S/C7H11ClO2/c1-7(9-2)10-6-4-3-5-8/h7H,5-6H2,1-2H3. The molecule has 0 aliphatic carbocycles. The summed E-state index contributed by atoms with van der Waals surface area (Å²) in [6.45, 7) is 2.18. The van der Waals surface area contributed by atoms with Crippen LogP contribution in [0.15, 0.2) is 0 Å². The van der Waals surface area contributed by atoms with E-state index in [1.165, 1.54) is 0 Å². The number of rotatable bonds is 3. The fourth-order valence-corrected chi connectivity index (χ4v) is 0.420. The van der Waals surface area contributed by atoms with Gasteiger partial charge in [-0.15, -0.1) is 11.6 Å². The van der Waals surface area contributed by atoms with E-state index in [-0.39, 0.29) is 6.29 Å². The highest BCUT2D eigenvalue weighted by Gasteiger charge is 1.93. The van der Waals surface area contributed by atoms with Gasteiger partial charge >= 0.3 is 0 Å². The molecule has 10 heavy (non-hydrogen) atoms. The highest BCUT2D eigenvalue weighted by Crippen LogP contribution is 1.87. The second-order valence-electron chi connectivity index (χ2n) is 1.60. The van der Waals surface area contributed by atoms with Gasteiger partial charge in [-0.3, -0.25) is 0 Å². The molecule has 0 N–H and O–H groups in total. The van der Waals surface area contributed by atoms with E-state index >= 15 is 0 Å². The zero-order valence-corrected chi connectivity index (χ0v) is 6.94. The number of alkyl halides is 1. The average Bonchev–Trinajstić information content (AvgIpc) is 1.98. The largest absolute Gasteiger partial charge is 0.356 e. The Morgan fingerprint density at radius 3 is 2.70 bits per heavy atom. The fourth-order valence-electron chi connectivity index (χ4n) is 0.325. The lowest BCUT2D eigenvalue weighted by molar-refractivity contribution is -0.0994. The van der Waals surface area contributed by atoms with E-state index in [1.54, 1.807) is 7.11 Å². The van der Waals surface area contributed by atoms with Crippen LogP contribution in [0.5, 0.6) is 0 Å². The quantitative estimate of drug-likeness (QED) is 0.353. The summed E-state index contributed by atoms with van der Waals surface area (Å²) in [6, 6.07) is 0. The lowest BCUT2D eigenvalue weighted by Crippen LogP contribution is -2.09. The van der Waals surface area contributed by atoms with Crippen molar-refractivity contribution in [2.45, 2.75) is 13.2 Å². The molecule has 3 heteroatoms. The summed E-state index contributed by atoms with van der Waals surface area (Å²) in [5, 5.41) is 0. The van der Waals surface area contributed by atoms with Gasteiger partial charge in [0.2, 0.25) is 0 Å². The van der Waals surface area contributed by atoms with E-state index in [4.69, 9.17) is 21.1 Å². The van der Waals surface area contributed by atoms with Gasteiger partial charge in [0.15, 0.2) is 6.29 Å². The molecule has 0 saturated heterocycles. The van der Waals surface area contributed by atoms with Gasteiger partial charge in [-0.25, -0.2) is 0 Å². The van der Waals surface area contributed by atoms with Gasteiger partial charge in [-0.1, -0.05) is 11.8 Å². The predicted octanol–water partition coefficient (Wildman–Crippen LogP) is 1.24. The van der Waals surface area contributed by atoms with Crippen molar-refractivity contribution in [3.8, 4) is 11.8 Å². The van der Waals surface area contributed by atoms with Crippen molar-refractivity contribution in [1.29, 1.82) is 0 Å². The summed E-state index contributed by atoms with van der Waals surface area (Å²) in [4.78, 5) is 0. The Kier molecular flexibility index (Phi) is 6.73. The van der Waals surface area contributed by atoms with Crippen molar-refractivity contribution in [3.05, 3.63) is 0 Å². The predicted molar refractivity (Wildman–Crippen MR) is 40.9 cm³/mol. The number of methoxy groups -OCH3 is 1. The molecular weight excluding hydrogens is 152 g/mol. The minimum Gasteiger partial charge on any atom is -0.356 e. The number of hydrogen-bond acceptors (Lipinski definition) is 2. The second kappa shape index (κ2) is 6.88. The third-order valence-corrected chi connectivity index (χ3v) is 1.05. The molecular formula is C7H11ClO2. The molecule has 0 saturated carbocycles. The molecule has 0 fully saturated rings. The maximum Gasteiger partial charge on any atom is 0.155 e. The van der Waals surface area contributed by atoms with Crippen LogP contribution in [-0.2, 0) is 9.47 Å². The normalized spacial score (nSPS) is 11.9. The number of halogens is 1. The molecule has 0 radical (unpaired) electrons. The van der Waals surface area contributed by atoms with Gasteiger partial charge in [-0.05, 0) is 6.92 Å². The fraction of sp³-hybridized carbons (Fsp3) is 0.714. The third kappa shape index (κ3) is 5.90. The lowest BCUT2D eigenvalue weighted by atomic mass is 10.6. The molecule has 1 unspecified atom stereocenters. The van der Waals surface area contributed by atoms with Crippen LogP contribution < -0.4 is 0 Å². The number of ether oxygens (including phenoxy) is 2. The summed E-state index contributed by atoms with van der Waals surface area (Å²) in [7, 11) is 1.58. The summed E-state index contributed by atoms with van der Waals surface area (Å²) in [5.74, 6) is 5.73. The first-order valence-corrected chi connectivity index (χ1v) is 3.50. The van der Waals surface area contributed by atoms with Crippen LogP contribution in [0.25, 0.3) is 0 Å². The van der Waals surface area contributed by atoms with Crippen molar-refractivity contribution in [3.63, 3.8) is 0 Å². The van der Waals surface area contributed by atoms with Crippen LogP contribution in [0.1, 0.15) is 6.92 Å². The molecule has 0 aromatic heterocycles. The van der Waals surface area contributed by atoms with E-state index in [1.807, 2.05) is 6.92 Å². The van der Waals surface area contributed by atoms with Gasteiger partial charge in [0.05, 0.1) is 5.88 Å². The van der Waals surface area contributed by atoms with E-state index in [0.717, 1.165) is 0 Å². The maximum atomic E-state index is 5.29. The summed E-state index contributed by atoms with van der Waals surface area (Å²) in [5.41, 5.74) is 0. The molecule has 0 aliphatic rings. The molecule has 0 aromatic rings. The Morgan fingerprint density at radius 1 is 1.50 bits per heavy atom. The molecule has 1 atom stereocenters. The van der Waals surface area contributed by atoms with Crippen LogP contribution in [-0.4, -0.2) is 25.9 Å². The van der Waals surface area contributed by atoms with Crippen molar-refractivity contribution in [1.82, 2.24) is 0 Å². The van der Waals surface area contributed by atoms with Crippen LogP contribution in [0.3, 0.4) is 0 Å². The summed E-state index contributed by atoms with van der Waals surface area (Å²) < 4.78 is 9.85. The summed E-state index contributed by atoms with van der Waals surface area (Å²) in [6.07, 6.45) is -0.190. The Hall–Kier alpha value is -0.230. The Bertz CT molecular complexity index is 125. The van der Waals surface area contributed by atoms with Gasteiger partial charge in [-0.2, -0.15) is 0 Å². The Labute approximate surface area is 66.5 Å². The Morgan fingerprint density at radius 2 is 2.20 bits per heavy atom. The van der Waals surface area contributed by atoms with E-state index in [2.05, 4.69) is 11.8 Å². The number of hydrogen-bond donors (Lipinski definition) is 0. The first-order valence-electron chi connectivity index (χ1n) is 2.97. The van der Waals surface area contributed by atoms with Crippen molar-refractivity contribution < 1.29 is 9.47 Å². The first kappa shape index (κ1) is 9.77. The maximum absolute atomic E-state index is 5.29. The molecule has 0 bridgehead atoms. The molecule has 0 amide bonds. The molecule has 0 rings (SSSR count). The smallest absolute Gasteiger partial charge is 0.155 e. The zero-order valence-electron chi connectivity index (χ0n) is 6.19.